The first-order chi connectivity index (χ1) is 9.72. The van der Waals surface area contributed by atoms with Gasteiger partial charge in [0.25, 0.3) is 0 Å². The third-order valence-electron chi connectivity index (χ3n) is 3.55. The summed E-state index contributed by atoms with van der Waals surface area (Å²) in [5.74, 6) is 0.103. The highest BCUT2D eigenvalue weighted by Crippen LogP contribution is 2.36. The number of pyridine rings is 1. The fraction of sp³-hybridized carbons (Fsp3) is 0.357. The molecule has 0 aliphatic carbocycles. The van der Waals surface area contributed by atoms with E-state index in [0.717, 1.165) is 30.8 Å². The second kappa shape index (κ2) is 5.25. The SMILES string of the molecule is COC(=O)C1CCCn2c(-c3ccccn3)nc(Cl)c21. The molecule has 0 saturated heterocycles. The minimum atomic E-state index is -0.341. The summed E-state index contributed by atoms with van der Waals surface area (Å²) < 4.78 is 6.84. The van der Waals surface area contributed by atoms with E-state index in [1.54, 1.807) is 6.20 Å². The predicted octanol–water partition coefficient (Wildman–Crippen LogP) is 2.65. The van der Waals surface area contributed by atoms with E-state index in [1.165, 1.54) is 7.11 Å². The molecule has 3 rings (SSSR count). The van der Waals surface area contributed by atoms with Crippen LogP contribution in [0.4, 0.5) is 0 Å². The number of imidazole rings is 1. The van der Waals surface area contributed by atoms with Crippen LogP contribution in [0.5, 0.6) is 0 Å². The lowest BCUT2D eigenvalue weighted by molar-refractivity contribution is -0.143. The number of rotatable bonds is 2. The van der Waals surface area contributed by atoms with Gasteiger partial charge >= 0.3 is 5.97 Å². The standard InChI is InChI=1S/C14H14ClN3O2/c1-20-14(19)9-5-4-8-18-11(9)12(15)17-13(18)10-6-2-3-7-16-10/h2-3,6-7,9H,4-5,8H2,1H3. The van der Waals surface area contributed by atoms with E-state index in [4.69, 9.17) is 16.3 Å². The fourth-order valence-corrected chi connectivity index (χ4v) is 2.96. The van der Waals surface area contributed by atoms with Crippen molar-refractivity contribution < 1.29 is 9.53 Å². The van der Waals surface area contributed by atoms with Crippen molar-refractivity contribution in [1.29, 1.82) is 0 Å². The van der Waals surface area contributed by atoms with Crippen LogP contribution in [0.3, 0.4) is 0 Å². The molecule has 0 aromatic carbocycles. The lowest BCUT2D eigenvalue weighted by atomic mass is 9.96. The Morgan fingerprint density at radius 2 is 2.35 bits per heavy atom. The van der Waals surface area contributed by atoms with Crippen molar-refractivity contribution in [3.63, 3.8) is 0 Å². The van der Waals surface area contributed by atoms with Crippen molar-refractivity contribution >= 4 is 17.6 Å². The van der Waals surface area contributed by atoms with Crippen molar-refractivity contribution in [1.82, 2.24) is 14.5 Å². The maximum atomic E-state index is 11.9. The minimum Gasteiger partial charge on any atom is -0.469 e. The van der Waals surface area contributed by atoms with Gasteiger partial charge in [0.15, 0.2) is 11.0 Å². The number of ether oxygens (including phenoxy) is 1. The molecule has 0 bridgehead atoms. The Kier molecular flexibility index (Phi) is 3.44. The first-order valence-electron chi connectivity index (χ1n) is 6.47. The zero-order valence-electron chi connectivity index (χ0n) is 11.0. The predicted molar refractivity (Wildman–Crippen MR) is 74.5 cm³/mol. The zero-order valence-corrected chi connectivity index (χ0v) is 11.8. The first-order valence-corrected chi connectivity index (χ1v) is 6.85. The topological polar surface area (TPSA) is 57.0 Å². The molecule has 1 unspecified atom stereocenters. The van der Waals surface area contributed by atoms with Gasteiger partial charge in [0.2, 0.25) is 0 Å². The van der Waals surface area contributed by atoms with Gasteiger partial charge in [-0.3, -0.25) is 9.78 Å². The number of carbonyl (C=O) groups is 1. The van der Waals surface area contributed by atoms with Gasteiger partial charge in [-0.05, 0) is 25.0 Å². The smallest absolute Gasteiger partial charge is 0.314 e. The molecule has 0 spiro atoms. The summed E-state index contributed by atoms with van der Waals surface area (Å²) in [6.07, 6.45) is 3.34. The summed E-state index contributed by atoms with van der Waals surface area (Å²) in [6.45, 7) is 0.786. The average Bonchev–Trinajstić information content (AvgIpc) is 2.85. The Bertz CT molecular complexity index is 639. The Hall–Kier alpha value is -1.88. The molecule has 1 aliphatic heterocycles. The number of fused-ring (bicyclic) bond motifs is 1. The Balaban J connectivity index is 2.11. The van der Waals surface area contributed by atoms with Crippen LogP contribution in [0.2, 0.25) is 5.15 Å². The highest BCUT2D eigenvalue weighted by molar-refractivity contribution is 6.30. The van der Waals surface area contributed by atoms with Crippen molar-refractivity contribution in [3.05, 3.63) is 35.2 Å². The molecular weight excluding hydrogens is 278 g/mol. The van der Waals surface area contributed by atoms with Crippen LogP contribution in [-0.4, -0.2) is 27.6 Å². The van der Waals surface area contributed by atoms with E-state index in [0.29, 0.717) is 11.0 Å². The molecule has 5 nitrogen and oxygen atoms in total. The summed E-state index contributed by atoms with van der Waals surface area (Å²) in [5.41, 5.74) is 1.50. The summed E-state index contributed by atoms with van der Waals surface area (Å²) in [7, 11) is 1.39. The summed E-state index contributed by atoms with van der Waals surface area (Å²) in [4.78, 5) is 20.6. The van der Waals surface area contributed by atoms with Crippen LogP contribution >= 0.6 is 11.6 Å². The lowest BCUT2D eigenvalue weighted by Crippen LogP contribution is -2.23. The summed E-state index contributed by atoms with van der Waals surface area (Å²) >= 11 is 6.24. The number of methoxy groups -OCH3 is 1. The van der Waals surface area contributed by atoms with Crippen LogP contribution in [0.1, 0.15) is 24.5 Å². The van der Waals surface area contributed by atoms with Gasteiger partial charge < -0.3 is 9.30 Å². The Labute approximate surface area is 121 Å². The number of halogens is 1. The number of hydrogen-bond acceptors (Lipinski definition) is 4. The fourth-order valence-electron chi connectivity index (χ4n) is 2.65. The van der Waals surface area contributed by atoms with Gasteiger partial charge in [-0.15, -0.1) is 0 Å². The van der Waals surface area contributed by atoms with Gasteiger partial charge in [0.1, 0.15) is 11.6 Å². The molecule has 1 aliphatic rings. The maximum absolute atomic E-state index is 11.9. The number of carbonyl (C=O) groups excluding carboxylic acids is 1. The van der Waals surface area contributed by atoms with E-state index >= 15 is 0 Å². The van der Waals surface area contributed by atoms with Gasteiger partial charge in [0.05, 0.1) is 12.8 Å². The van der Waals surface area contributed by atoms with Crippen molar-refractivity contribution in [2.45, 2.75) is 25.3 Å². The zero-order chi connectivity index (χ0) is 14.1. The molecular formula is C14H14ClN3O2. The van der Waals surface area contributed by atoms with E-state index < -0.39 is 0 Å². The van der Waals surface area contributed by atoms with Gasteiger partial charge in [-0.1, -0.05) is 17.7 Å². The average molecular weight is 292 g/mol. The number of hydrogen-bond donors (Lipinski definition) is 0. The number of nitrogens with zero attached hydrogens (tertiary/aromatic N) is 3. The summed E-state index contributed by atoms with van der Waals surface area (Å²) in [6, 6.07) is 5.63. The number of esters is 1. The van der Waals surface area contributed by atoms with Crippen molar-refractivity contribution in [3.8, 4) is 11.5 Å². The van der Waals surface area contributed by atoms with Crippen molar-refractivity contribution in [2.75, 3.05) is 7.11 Å². The highest BCUT2D eigenvalue weighted by Gasteiger charge is 2.33. The Morgan fingerprint density at radius 3 is 3.05 bits per heavy atom. The van der Waals surface area contributed by atoms with Crippen LogP contribution in [-0.2, 0) is 16.1 Å². The number of aromatic nitrogens is 3. The van der Waals surface area contributed by atoms with E-state index in [1.807, 2.05) is 22.8 Å². The molecule has 3 heterocycles. The molecule has 0 fully saturated rings. The van der Waals surface area contributed by atoms with Crippen LogP contribution in [0, 0.1) is 0 Å². The van der Waals surface area contributed by atoms with Gasteiger partial charge in [0, 0.05) is 12.7 Å². The van der Waals surface area contributed by atoms with E-state index in [9.17, 15) is 4.79 Å². The highest BCUT2D eigenvalue weighted by atomic mass is 35.5. The largest absolute Gasteiger partial charge is 0.469 e. The minimum absolute atomic E-state index is 0.264. The normalized spacial score (nSPS) is 17.6. The molecule has 0 radical (unpaired) electrons. The second-order valence-electron chi connectivity index (χ2n) is 4.70. The summed E-state index contributed by atoms with van der Waals surface area (Å²) in [5, 5.41) is 0.362. The molecule has 104 valence electrons. The Morgan fingerprint density at radius 1 is 1.50 bits per heavy atom. The van der Waals surface area contributed by atoms with Gasteiger partial charge in [-0.2, -0.15) is 0 Å². The van der Waals surface area contributed by atoms with E-state index in [-0.39, 0.29) is 11.9 Å². The molecule has 1 atom stereocenters. The van der Waals surface area contributed by atoms with Crippen LogP contribution < -0.4 is 0 Å². The van der Waals surface area contributed by atoms with Crippen molar-refractivity contribution in [2.24, 2.45) is 0 Å². The van der Waals surface area contributed by atoms with Crippen LogP contribution in [0.25, 0.3) is 11.5 Å². The van der Waals surface area contributed by atoms with Crippen LogP contribution in [0.15, 0.2) is 24.4 Å². The van der Waals surface area contributed by atoms with E-state index in [2.05, 4.69) is 9.97 Å². The monoisotopic (exact) mass is 291 g/mol. The maximum Gasteiger partial charge on any atom is 0.314 e. The molecule has 6 heteroatoms. The molecule has 0 amide bonds. The van der Waals surface area contributed by atoms with Gasteiger partial charge in [-0.25, -0.2) is 4.98 Å². The third kappa shape index (κ3) is 2.08. The molecule has 0 N–H and O–H groups in total. The molecule has 20 heavy (non-hydrogen) atoms. The molecule has 2 aromatic heterocycles. The first kappa shape index (κ1) is 13.1. The lowest BCUT2D eigenvalue weighted by Gasteiger charge is -2.23. The quantitative estimate of drug-likeness (QED) is 0.798. The second-order valence-corrected chi connectivity index (χ2v) is 5.05. The molecule has 0 saturated carbocycles. The third-order valence-corrected chi connectivity index (χ3v) is 3.82. The molecule has 2 aromatic rings.